The maximum atomic E-state index is 11.7. The van der Waals surface area contributed by atoms with E-state index in [1.165, 1.54) is 83.5 Å². The van der Waals surface area contributed by atoms with Crippen LogP contribution in [0.2, 0.25) is 0 Å². The molecule has 0 aliphatic carbocycles. The second-order valence-corrected chi connectivity index (χ2v) is 8.45. The van der Waals surface area contributed by atoms with Crippen LogP contribution in [0.4, 0.5) is 0 Å². The van der Waals surface area contributed by atoms with Gasteiger partial charge in [0.25, 0.3) is 0 Å². The van der Waals surface area contributed by atoms with E-state index in [1.54, 1.807) is 6.92 Å². The molecule has 0 aliphatic heterocycles. The van der Waals surface area contributed by atoms with E-state index in [1.807, 2.05) is 14.1 Å². The van der Waals surface area contributed by atoms with Crippen molar-refractivity contribution in [2.24, 2.45) is 0 Å². The van der Waals surface area contributed by atoms with E-state index in [-0.39, 0.29) is 12.1 Å². The number of hydrogen-bond donors (Lipinski definition) is 0. The smallest absolute Gasteiger partial charge is 0.333 e. The lowest BCUT2D eigenvalue weighted by Gasteiger charge is -2.21. The first-order valence-corrected chi connectivity index (χ1v) is 11.5. The van der Waals surface area contributed by atoms with Gasteiger partial charge >= 0.3 is 5.97 Å². The van der Waals surface area contributed by atoms with Crippen molar-refractivity contribution < 1.29 is 9.53 Å². The first-order chi connectivity index (χ1) is 13.0. The highest BCUT2D eigenvalue weighted by molar-refractivity contribution is 5.87. The molecule has 0 heterocycles. The maximum Gasteiger partial charge on any atom is 0.333 e. The maximum absolute atomic E-state index is 11.7. The molecule has 0 aliphatic rings. The third-order valence-electron chi connectivity index (χ3n) is 5.07. The molecule has 0 fully saturated rings. The molecule has 0 aromatic rings. The van der Waals surface area contributed by atoms with Gasteiger partial charge in [-0.15, -0.1) is 0 Å². The van der Waals surface area contributed by atoms with Crippen molar-refractivity contribution in [1.82, 2.24) is 4.90 Å². The minimum absolute atomic E-state index is 0.0125. The standard InChI is InChI=1S/C24H47NO2/c1-6-7-8-9-10-11-12-13-14-15-16-17-18-19-20-23(21-25(4)5)27-24(26)22(2)3/h23H,2,6-21H2,1,3-5H3. The largest absolute Gasteiger partial charge is 0.458 e. The van der Waals surface area contributed by atoms with E-state index >= 15 is 0 Å². The molecule has 0 aromatic heterocycles. The first kappa shape index (κ1) is 26.2. The quantitative estimate of drug-likeness (QED) is 0.138. The van der Waals surface area contributed by atoms with Crippen molar-refractivity contribution in [3.8, 4) is 0 Å². The molecule has 0 saturated heterocycles. The fraction of sp³-hybridized carbons (Fsp3) is 0.875. The van der Waals surface area contributed by atoms with Crippen molar-refractivity contribution in [3.63, 3.8) is 0 Å². The SMILES string of the molecule is C=C(C)C(=O)OC(CCCCCCCCCCCCCCCC)CN(C)C. The summed E-state index contributed by atoms with van der Waals surface area (Å²) in [5, 5.41) is 0. The van der Waals surface area contributed by atoms with E-state index < -0.39 is 0 Å². The zero-order chi connectivity index (χ0) is 20.3. The minimum Gasteiger partial charge on any atom is -0.458 e. The molecule has 0 rings (SSSR count). The van der Waals surface area contributed by atoms with Gasteiger partial charge in [0, 0.05) is 12.1 Å². The van der Waals surface area contributed by atoms with Crippen LogP contribution in [0.5, 0.6) is 0 Å². The Morgan fingerprint density at radius 2 is 1.22 bits per heavy atom. The van der Waals surface area contributed by atoms with Gasteiger partial charge in [0.2, 0.25) is 0 Å². The number of nitrogens with zero attached hydrogens (tertiary/aromatic N) is 1. The lowest BCUT2D eigenvalue weighted by molar-refractivity contribution is -0.145. The van der Waals surface area contributed by atoms with Crippen LogP contribution in [0.15, 0.2) is 12.2 Å². The molecule has 27 heavy (non-hydrogen) atoms. The Morgan fingerprint density at radius 3 is 1.59 bits per heavy atom. The minimum atomic E-state index is -0.257. The molecule has 3 heteroatoms. The van der Waals surface area contributed by atoms with E-state index in [9.17, 15) is 4.79 Å². The summed E-state index contributed by atoms with van der Waals surface area (Å²) in [5.74, 6) is -0.257. The molecule has 0 spiro atoms. The number of esters is 1. The molecule has 0 radical (unpaired) electrons. The molecule has 1 atom stereocenters. The van der Waals surface area contributed by atoms with Crippen molar-refractivity contribution in [2.45, 2.75) is 116 Å². The number of ether oxygens (including phenoxy) is 1. The Balaban J connectivity index is 3.53. The highest BCUT2D eigenvalue weighted by Gasteiger charge is 2.15. The number of hydrogen-bond acceptors (Lipinski definition) is 3. The molecule has 0 aromatic carbocycles. The van der Waals surface area contributed by atoms with Crippen LogP contribution in [0.1, 0.15) is 110 Å². The van der Waals surface area contributed by atoms with E-state index in [0.29, 0.717) is 5.57 Å². The van der Waals surface area contributed by atoms with E-state index in [2.05, 4.69) is 18.4 Å². The normalized spacial score (nSPS) is 12.3. The summed E-state index contributed by atoms with van der Waals surface area (Å²) in [6.45, 7) is 8.45. The topological polar surface area (TPSA) is 29.5 Å². The predicted octanol–water partition coefficient (Wildman–Crippen LogP) is 6.91. The molecule has 0 saturated carbocycles. The summed E-state index contributed by atoms with van der Waals surface area (Å²) in [6, 6.07) is 0. The Morgan fingerprint density at radius 1 is 0.815 bits per heavy atom. The number of likely N-dealkylation sites (N-methyl/N-ethyl adjacent to an activating group) is 1. The summed E-state index contributed by atoms with van der Waals surface area (Å²) < 4.78 is 5.56. The van der Waals surface area contributed by atoms with Crippen LogP contribution < -0.4 is 0 Å². The van der Waals surface area contributed by atoms with E-state index in [0.717, 1.165) is 19.4 Å². The summed E-state index contributed by atoms with van der Waals surface area (Å²) >= 11 is 0. The van der Waals surface area contributed by atoms with Crippen LogP contribution >= 0.6 is 0 Å². The van der Waals surface area contributed by atoms with Gasteiger partial charge in [-0.1, -0.05) is 97.0 Å². The number of unbranched alkanes of at least 4 members (excludes halogenated alkanes) is 13. The summed E-state index contributed by atoms with van der Waals surface area (Å²) in [7, 11) is 4.04. The number of carbonyl (C=O) groups is 1. The molecular weight excluding hydrogens is 334 g/mol. The number of rotatable bonds is 19. The second-order valence-electron chi connectivity index (χ2n) is 8.45. The summed E-state index contributed by atoms with van der Waals surface area (Å²) in [4.78, 5) is 13.8. The van der Waals surface area contributed by atoms with E-state index in [4.69, 9.17) is 4.74 Å². The fourth-order valence-corrected chi connectivity index (χ4v) is 3.41. The van der Waals surface area contributed by atoms with Crippen molar-refractivity contribution in [2.75, 3.05) is 20.6 Å². The van der Waals surface area contributed by atoms with Crippen LogP contribution in [-0.2, 0) is 9.53 Å². The lowest BCUT2D eigenvalue weighted by atomic mass is 10.0. The van der Waals surface area contributed by atoms with Crippen LogP contribution in [0, 0.1) is 0 Å². The summed E-state index contributed by atoms with van der Waals surface area (Å²) in [6.07, 6.45) is 20.1. The van der Waals surface area contributed by atoms with Crippen molar-refractivity contribution in [3.05, 3.63) is 12.2 Å². The van der Waals surface area contributed by atoms with Gasteiger partial charge in [-0.05, 0) is 33.9 Å². The van der Waals surface area contributed by atoms with Crippen molar-refractivity contribution >= 4 is 5.97 Å². The molecule has 3 nitrogen and oxygen atoms in total. The highest BCUT2D eigenvalue weighted by Crippen LogP contribution is 2.15. The number of carbonyl (C=O) groups excluding carboxylic acids is 1. The summed E-state index contributed by atoms with van der Waals surface area (Å²) in [5.41, 5.74) is 0.486. The molecule has 0 amide bonds. The zero-order valence-corrected chi connectivity index (χ0v) is 18.9. The van der Waals surface area contributed by atoms with Gasteiger partial charge < -0.3 is 9.64 Å². The highest BCUT2D eigenvalue weighted by atomic mass is 16.5. The van der Waals surface area contributed by atoms with Gasteiger partial charge in [-0.2, -0.15) is 0 Å². The molecular formula is C24H47NO2. The third-order valence-corrected chi connectivity index (χ3v) is 5.07. The Hall–Kier alpha value is -0.830. The third kappa shape index (κ3) is 18.3. The van der Waals surface area contributed by atoms with Gasteiger partial charge in [-0.25, -0.2) is 4.79 Å². The average molecular weight is 382 g/mol. The Labute approximate surface area is 169 Å². The Kier molecular flexibility index (Phi) is 18.0. The van der Waals surface area contributed by atoms with Crippen LogP contribution in [0.25, 0.3) is 0 Å². The van der Waals surface area contributed by atoms with Crippen LogP contribution in [0.3, 0.4) is 0 Å². The van der Waals surface area contributed by atoms with Crippen molar-refractivity contribution in [1.29, 1.82) is 0 Å². The van der Waals surface area contributed by atoms with Gasteiger partial charge in [0.1, 0.15) is 6.10 Å². The molecule has 160 valence electrons. The second kappa shape index (κ2) is 18.5. The monoisotopic (exact) mass is 381 g/mol. The van der Waals surface area contributed by atoms with Gasteiger partial charge in [0.15, 0.2) is 0 Å². The average Bonchev–Trinajstić information content (AvgIpc) is 2.61. The Bertz CT molecular complexity index is 365. The molecule has 1 unspecified atom stereocenters. The van der Waals surface area contributed by atoms with Gasteiger partial charge in [-0.3, -0.25) is 0 Å². The van der Waals surface area contributed by atoms with Crippen LogP contribution in [-0.4, -0.2) is 37.6 Å². The molecule has 0 bridgehead atoms. The predicted molar refractivity (Wildman–Crippen MR) is 118 cm³/mol. The first-order valence-electron chi connectivity index (χ1n) is 11.5. The zero-order valence-electron chi connectivity index (χ0n) is 18.9. The van der Waals surface area contributed by atoms with Gasteiger partial charge in [0.05, 0.1) is 0 Å². The molecule has 0 N–H and O–H groups in total. The lowest BCUT2D eigenvalue weighted by Crippen LogP contribution is -2.30. The fourth-order valence-electron chi connectivity index (χ4n) is 3.41.